The predicted octanol–water partition coefficient (Wildman–Crippen LogP) is 0.993. The van der Waals surface area contributed by atoms with Crippen LogP contribution in [0, 0.1) is 0 Å². The highest BCUT2D eigenvalue weighted by Crippen LogP contribution is 2.01. The highest BCUT2D eigenvalue weighted by Gasteiger charge is 2.14. The molecular formula is C11H17N2O+. The van der Waals surface area contributed by atoms with Crippen molar-refractivity contribution in [3.05, 3.63) is 30.1 Å². The third kappa shape index (κ3) is 2.31. The standard InChI is InChI=1S/C11H17N2O/c1-4-13(5-2)11(14)10-7-6-8-12(3)9-10/h6-9H,4-5H2,1-3H3/q+1. The first-order valence-corrected chi connectivity index (χ1v) is 4.93. The van der Waals surface area contributed by atoms with E-state index in [9.17, 15) is 4.79 Å². The summed E-state index contributed by atoms with van der Waals surface area (Å²) in [6, 6.07) is 3.73. The SMILES string of the molecule is CCN(CC)C(=O)c1ccc[n+](C)c1. The second-order valence-electron chi connectivity index (χ2n) is 3.24. The number of carbonyl (C=O) groups excluding carboxylic acids is 1. The predicted molar refractivity (Wildman–Crippen MR) is 54.9 cm³/mol. The van der Waals surface area contributed by atoms with E-state index < -0.39 is 0 Å². The van der Waals surface area contributed by atoms with Crippen molar-refractivity contribution in [3.8, 4) is 0 Å². The fourth-order valence-electron chi connectivity index (χ4n) is 1.41. The number of pyridine rings is 1. The van der Waals surface area contributed by atoms with Crippen LogP contribution in [-0.2, 0) is 7.05 Å². The molecule has 1 heterocycles. The van der Waals surface area contributed by atoms with Crippen LogP contribution in [0.4, 0.5) is 0 Å². The van der Waals surface area contributed by atoms with Gasteiger partial charge >= 0.3 is 0 Å². The largest absolute Gasteiger partial charge is 0.339 e. The maximum absolute atomic E-state index is 11.9. The zero-order chi connectivity index (χ0) is 10.6. The van der Waals surface area contributed by atoms with Gasteiger partial charge in [0.2, 0.25) is 0 Å². The Balaban J connectivity index is 2.88. The summed E-state index contributed by atoms with van der Waals surface area (Å²) >= 11 is 0. The van der Waals surface area contributed by atoms with Gasteiger partial charge < -0.3 is 4.90 Å². The molecule has 1 rings (SSSR count). The second-order valence-corrected chi connectivity index (χ2v) is 3.24. The summed E-state index contributed by atoms with van der Waals surface area (Å²) in [6.45, 7) is 5.50. The van der Waals surface area contributed by atoms with Gasteiger partial charge in [-0.2, -0.15) is 0 Å². The van der Waals surface area contributed by atoms with Gasteiger partial charge in [0, 0.05) is 19.2 Å². The van der Waals surface area contributed by atoms with E-state index in [0.717, 1.165) is 18.7 Å². The smallest absolute Gasteiger partial charge is 0.259 e. The van der Waals surface area contributed by atoms with Gasteiger partial charge in [0.05, 0.1) is 0 Å². The fourth-order valence-corrected chi connectivity index (χ4v) is 1.41. The number of rotatable bonds is 3. The molecule has 14 heavy (non-hydrogen) atoms. The Labute approximate surface area is 85.0 Å². The van der Waals surface area contributed by atoms with Crippen LogP contribution in [0.3, 0.4) is 0 Å². The molecule has 0 atom stereocenters. The number of carbonyl (C=O) groups is 1. The number of aromatic nitrogens is 1. The second kappa shape index (κ2) is 4.74. The van der Waals surface area contributed by atoms with Gasteiger partial charge in [-0.05, 0) is 19.9 Å². The van der Waals surface area contributed by atoms with E-state index in [2.05, 4.69) is 0 Å². The zero-order valence-corrected chi connectivity index (χ0v) is 9.03. The molecule has 3 heteroatoms. The van der Waals surface area contributed by atoms with Crippen LogP contribution >= 0.6 is 0 Å². The Hall–Kier alpha value is -1.38. The van der Waals surface area contributed by atoms with Gasteiger partial charge in [-0.1, -0.05) is 0 Å². The van der Waals surface area contributed by atoms with Gasteiger partial charge in [-0.15, -0.1) is 0 Å². The van der Waals surface area contributed by atoms with Gasteiger partial charge in [0.15, 0.2) is 12.4 Å². The van der Waals surface area contributed by atoms with Crippen molar-refractivity contribution >= 4 is 5.91 Å². The van der Waals surface area contributed by atoms with E-state index in [1.54, 1.807) is 0 Å². The first-order chi connectivity index (χ1) is 6.69. The molecule has 0 saturated heterocycles. The molecule has 0 radical (unpaired) electrons. The van der Waals surface area contributed by atoms with Crippen LogP contribution in [-0.4, -0.2) is 23.9 Å². The molecule has 0 N–H and O–H groups in total. The maximum atomic E-state index is 11.9. The summed E-state index contributed by atoms with van der Waals surface area (Å²) in [5, 5.41) is 0. The third-order valence-corrected chi connectivity index (χ3v) is 2.24. The first kappa shape index (κ1) is 10.7. The van der Waals surface area contributed by atoms with Crippen molar-refractivity contribution in [1.82, 2.24) is 4.90 Å². The quantitative estimate of drug-likeness (QED) is 0.657. The lowest BCUT2D eigenvalue weighted by atomic mass is 10.2. The highest BCUT2D eigenvalue weighted by atomic mass is 16.2. The zero-order valence-electron chi connectivity index (χ0n) is 9.03. The topological polar surface area (TPSA) is 24.2 Å². The number of amides is 1. The van der Waals surface area contributed by atoms with Crippen LogP contribution in [0.1, 0.15) is 24.2 Å². The van der Waals surface area contributed by atoms with Gasteiger partial charge in [0.1, 0.15) is 12.6 Å². The van der Waals surface area contributed by atoms with E-state index in [4.69, 9.17) is 0 Å². The fraction of sp³-hybridized carbons (Fsp3) is 0.455. The molecule has 1 aromatic heterocycles. The molecule has 0 bridgehead atoms. The number of aryl methyl sites for hydroxylation is 1. The summed E-state index contributed by atoms with van der Waals surface area (Å²) in [4.78, 5) is 13.7. The van der Waals surface area contributed by atoms with E-state index in [1.807, 2.05) is 54.9 Å². The van der Waals surface area contributed by atoms with Gasteiger partial charge in [-0.25, -0.2) is 4.57 Å². The van der Waals surface area contributed by atoms with E-state index >= 15 is 0 Å². The molecule has 1 amide bonds. The van der Waals surface area contributed by atoms with Crippen LogP contribution in [0.25, 0.3) is 0 Å². The number of hydrogen-bond acceptors (Lipinski definition) is 1. The Morgan fingerprint density at radius 2 is 2.07 bits per heavy atom. The lowest BCUT2D eigenvalue weighted by Crippen LogP contribution is -2.34. The van der Waals surface area contributed by atoms with Gasteiger partial charge in [-0.3, -0.25) is 4.79 Å². The minimum atomic E-state index is 0.103. The molecule has 0 aliphatic heterocycles. The van der Waals surface area contributed by atoms with Crippen LogP contribution in [0.5, 0.6) is 0 Å². The maximum Gasteiger partial charge on any atom is 0.259 e. The summed E-state index contributed by atoms with van der Waals surface area (Å²) in [6.07, 6.45) is 3.76. The minimum Gasteiger partial charge on any atom is -0.339 e. The average Bonchev–Trinajstić information content (AvgIpc) is 2.19. The lowest BCUT2D eigenvalue weighted by molar-refractivity contribution is -0.671. The highest BCUT2D eigenvalue weighted by molar-refractivity contribution is 5.93. The minimum absolute atomic E-state index is 0.103. The molecule has 0 spiro atoms. The van der Waals surface area contributed by atoms with E-state index in [-0.39, 0.29) is 5.91 Å². The normalized spacial score (nSPS) is 9.93. The number of hydrogen-bond donors (Lipinski definition) is 0. The van der Waals surface area contributed by atoms with E-state index in [1.165, 1.54) is 0 Å². The van der Waals surface area contributed by atoms with Crippen molar-refractivity contribution in [3.63, 3.8) is 0 Å². The third-order valence-electron chi connectivity index (χ3n) is 2.24. The lowest BCUT2D eigenvalue weighted by Gasteiger charge is -2.17. The molecule has 0 aliphatic rings. The molecule has 76 valence electrons. The summed E-state index contributed by atoms with van der Waals surface area (Å²) in [5.74, 6) is 0.103. The molecule has 0 saturated carbocycles. The van der Waals surface area contributed by atoms with Crippen LogP contribution in [0.15, 0.2) is 24.5 Å². The van der Waals surface area contributed by atoms with Crippen molar-refractivity contribution < 1.29 is 9.36 Å². The van der Waals surface area contributed by atoms with Crippen molar-refractivity contribution in [2.45, 2.75) is 13.8 Å². The Morgan fingerprint density at radius 1 is 1.43 bits per heavy atom. The Kier molecular flexibility index (Phi) is 3.63. The summed E-state index contributed by atoms with van der Waals surface area (Å²) in [5.41, 5.74) is 0.749. The number of nitrogens with zero attached hydrogens (tertiary/aromatic N) is 2. The summed E-state index contributed by atoms with van der Waals surface area (Å²) in [7, 11) is 1.92. The molecule has 1 aromatic rings. The van der Waals surface area contributed by atoms with E-state index in [0.29, 0.717) is 0 Å². The molecule has 0 aromatic carbocycles. The molecule has 0 aliphatic carbocycles. The van der Waals surface area contributed by atoms with Crippen LogP contribution in [0.2, 0.25) is 0 Å². The molecule has 0 fully saturated rings. The first-order valence-electron chi connectivity index (χ1n) is 4.93. The summed E-state index contributed by atoms with van der Waals surface area (Å²) < 4.78 is 1.89. The van der Waals surface area contributed by atoms with Crippen molar-refractivity contribution in [1.29, 1.82) is 0 Å². The Bertz CT molecular complexity index is 319. The monoisotopic (exact) mass is 193 g/mol. The average molecular weight is 193 g/mol. The van der Waals surface area contributed by atoms with Gasteiger partial charge in [0.25, 0.3) is 5.91 Å². The van der Waals surface area contributed by atoms with Crippen molar-refractivity contribution in [2.75, 3.05) is 13.1 Å². The molecule has 0 unspecified atom stereocenters. The molecule has 3 nitrogen and oxygen atoms in total. The molecular weight excluding hydrogens is 176 g/mol. The van der Waals surface area contributed by atoms with Crippen LogP contribution < -0.4 is 4.57 Å². The van der Waals surface area contributed by atoms with Crippen molar-refractivity contribution in [2.24, 2.45) is 7.05 Å². The Morgan fingerprint density at radius 3 is 2.57 bits per heavy atom.